The van der Waals surface area contributed by atoms with E-state index in [0.717, 1.165) is 43.3 Å². The Kier molecular flexibility index (Phi) is 9.44. The summed E-state index contributed by atoms with van der Waals surface area (Å²) in [5, 5.41) is 6.80. The molecular formula is C26H36N4O2. The first kappa shape index (κ1) is 23.7. The zero-order chi connectivity index (χ0) is 22.6. The molecule has 6 heteroatoms. The van der Waals surface area contributed by atoms with Crippen LogP contribution in [0.5, 0.6) is 5.75 Å². The van der Waals surface area contributed by atoms with Crippen LogP contribution in [0, 0.1) is 6.92 Å². The van der Waals surface area contributed by atoms with Crippen LogP contribution in [0.3, 0.4) is 0 Å². The number of benzene rings is 2. The predicted octanol–water partition coefficient (Wildman–Crippen LogP) is 4.04. The molecule has 32 heavy (non-hydrogen) atoms. The van der Waals surface area contributed by atoms with Crippen LogP contribution in [0.25, 0.3) is 0 Å². The van der Waals surface area contributed by atoms with Crippen LogP contribution in [0.15, 0.2) is 59.6 Å². The Balaban J connectivity index is 1.62. The molecule has 2 aromatic rings. The largest absolute Gasteiger partial charge is 0.493 e. The first-order valence-electron chi connectivity index (χ1n) is 11.4. The molecule has 0 aliphatic carbocycles. The number of rotatable bonds is 11. The number of nitrogens with zero attached hydrogens (tertiary/aromatic N) is 2. The second-order valence-corrected chi connectivity index (χ2v) is 7.90. The van der Waals surface area contributed by atoms with E-state index in [4.69, 9.17) is 14.5 Å². The number of hydrogen-bond donors (Lipinski definition) is 2. The maximum Gasteiger partial charge on any atom is 0.191 e. The number of nitrogens with one attached hydrogen (secondary N) is 2. The molecule has 6 nitrogen and oxygen atoms in total. The van der Waals surface area contributed by atoms with Crippen molar-refractivity contribution in [3.63, 3.8) is 0 Å². The minimum atomic E-state index is 0.624. The van der Waals surface area contributed by atoms with Crippen LogP contribution in [0.2, 0.25) is 0 Å². The first-order chi connectivity index (χ1) is 15.7. The predicted molar refractivity (Wildman–Crippen MR) is 133 cm³/mol. The number of ether oxygens (including phenoxy) is 2. The Bertz CT molecular complexity index is 902. The molecule has 0 fully saturated rings. The summed E-state index contributed by atoms with van der Waals surface area (Å²) >= 11 is 0. The van der Waals surface area contributed by atoms with Crippen molar-refractivity contribution in [3.05, 3.63) is 71.3 Å². The van der Waals surface area contributed by atoms with E-state index in [-0.39, 0.29) is 0 Å². The minimum Gasteiger partial charge on any atom is -0.493 e. The molecule has 2 N–H and O–H groups in total. The summed E-state index contributed by atoms with van der Waals surface area (Å²) < 4.78 is 11.1. The molecule has 172 valence electrons. The van der Waals surface area contributed by atoms with Gasteiger partial charge in [-0.1, -0.05) is 36.4 Å². The van der Waals surface area contributed by atoms with Crippen LogP contribution in [0.1, 0.15) is 30.0 Å². The lowest BCUT2D eigenvalue weighted by molar-refractivity contribution is 0.171. The van der Waals surface area contributed by atoms with Gasteiger partial charge in [0, 0.05) is 57.6 Å². The molecular weight excluding hydrogens is 400 g/mol. The van der Waals surface area contributed by atoms with Gasteiger partial charge in [0.1, 0.15) is 5.75 Å². The molecule has 0 atom stereocenters. The van der Waals surface area contributed by atoms with Crippen molar-refractivity contribution in [1.29, 1.82) is 0 Å². The highest BCUT2D eigenvalue weighted by Crippen LogP contribution is 2.21. The summed E-state index contributed by atoms with van der Waals surface area (Å²) in [6, 6.07) is 14.9. The first-order valence-corrected chi connectivity index (χ1v) is 11.4. The van der Waals surface area contributed by atoms with Crippen molar-refractivity contribution in [2.24, 2.45) is 4.99 Å². The van der Waals surface area contributed by atoms with E-state index in [1.54, 1.807) is 7.11 Å². The van der Waals surface area contributed by atoms with Gasteiger partial charge in [-0.15, -0.1) is 0 Å². The summed E-state index contributed by atoms with van der Waals surface area (Å²) in [6.07, 6.45) is 5.28. The number of guanidine groups is 1. The fraction of sp³-hybridized carbons (Fsp3) is 0.423. The normalized spacial score (nSPS) is 13.5. The van der Waals surface area contributed by atoms with E-state index < -0.39 is 0 Å². The van der Waals surface area contributed by atoms with Crippen molar-refractivity contribution >= 4 is 11.6 Å². The van der Waals surface area contributed by atoms with E-state index in [1.807, 2.05) is 0 Å². The number of hydrogen-bond acceptors (Lipinski definition) is 4. The maximum atomic E-state index is 6.01. The highest BCUT2D eigenvalue weighted by atomic mass is 16.5. The smallest absolute Gasteiger partial charge is 0.191 e. The Morgan fingerprint density at radius 3 is 2.69 bits per heavy atom. The van der Waals surface area contributed by atoms with Gasteiger partial charge in [0.05, 0.1) is 13.2 Å². The molecule has 0 bridgehead atoms. The summed E-state index contributed by atoms with van der Waals surface area (Å²) in [4.78, 5) is 7.15. The minimum absolute atomic E-state index is 0.624. The van der Waals surface area contributed by atoms with E-state index in [0.29, 0.717) is 26.3 Å². The molecule has 2 aromatic carbocycles. The SMILES string of the molecule is CCNC(=NCc1cccc(N2CC=CC2)c1)NCc1ccc(C)cc1OCCCOC. The average molecular weight is 437 g/mol. The topological polar surface area (TPSA) is 58.1 Å². The fourth-order valence-corrected chi connectivity index (χ4v) is 3.56. The standard InChI is InChI=1S/C26H36N4O2/c1-4-27-26(28-19-22-9-7-10-24(18-22)30-13-5-6-14-30)29-20-23-12-11-21(2)17-25(23)32-16-8-15-31-3/h5-7,9-12,17-18H,4,8,13-16,19-20H2,1-3H3,(H2,27,28,29). The van der Waals surface area contributed by atoms with Gasteiger partial charge in [0.25, 0.3) is 0 Å². The highest BCUT2D eigenvalue weighted by Gasteiger charge is 2.09. The zero-order valence-electron chi connectivity index (χ0n) is 19.6. The van der Waals surface area contributed by atoms with Crippen molar-refractivity contribution < 1.29 is 9.47 Å². The van der Waals surface area contributed by atoms with Crippen LogP contribution >= 0.6 is 0 Å². The zero-order valence-corrected chi connectivity index (χ0v) is 19.6. The molecule has 1 aliphatic heterocycles. The van der Waals surface area contributed by atoms with E-state index in [2.05, 4.69) is 84.0 Å². The highest BCUT2D eigenvalue weighted by molar-refractivity contribution is 5.79. The third-order valence-corrected chi connectivity index (χ3v) is 5.28. The van der Waals surface area contributed by atoms with Gasteiger partial charge in [-0.3, -0.25) is 0 Å². The lowest BCUT2D eigenvalue weighted by Crippen LogP contribution is -2.36. The Labute approximate surface area is 192 Å². The third kappa shape index (κ3) is 7.31. The second kappa shape index (κ2) is 12.8. The molecule has 0 unspecified atom stereocenters. The lowest BCUT2D eigenvalue weighted by atomic mass is 10.1. The molecule has 0 radical (unpaired) electrons. The van der Waals surface area contributed by atoms with Crippen LogP contribution < -0.4 is 20.3 Å². The summed E-state index contributed by atoms with van der Waals surface area (Å²) in [5.74, 6) is 1.71. The van der Waals surface area contributed by atoms with Crippen LogP contribution in [-0.4, -0.2) is 45.9 Å². The molecule has 0 aromatic heterocycles. The molecule has 0 spiro atoms. The van der Waals surface area contributed by atoms with Gasteiger partial charge in [-0.05, 0) is 43.2 Å². The monoisotopic (exact) mass is 436 g/mol. The molecule has 0 saturated carbocycles. The van der Waals surface area contributed by atoms with Gasteiger partial charge >= 0.3 is 0 Å². The van der Waals surface area contributed by atoms with Crippen molar-refractivity contribution in [1.82, 2.24) is 10.6 Å². The van der Waals surface area contributed by atoms with Gasteiger partial charge in [0.2, 0.25) is 0 Å². The quantitative estimate of drug-likeness (QED) is 0.241. The van der Waals surface area contributed by atoms with Gasteiger partial charge in [-0.25, -0.2) is 4.99 Å². The maximum absolute atomic E-state index is 6.01. The second-order valence-electron chi connectivity index (χ2n) is 7.90. The summed E-state index contributed by atoms with van der Waals surface area (Å²) in [7, 11) is 1.71. The van der Waals surface area contributed by atoms with Gasteiger partial charge in [0.15, 0.2) is 5.96 Å². The van der Waals surface area contributed by atoms with E-state index >= 15 is 0 Å². The number of aryl methyl sites for hydroxylation is 1. The van der Waals surface area contributed by atoms with Gasteiger partial charge in [-0.2, -0.15) is 0 Å². The van der Waals surface area contributed by atoms with E-state index in [9.17, 15) is 0 Å². The number of anilines is 1. The van der Waals surface area contributed by atoms with Crippen LogP contribution in [-0.2, 0) is 17.8 Å². The fourth-order valence-electron chi connectivity index (χ4n) is 3.56. The molecule has 3 rings (SSSR count). The van der Waals surface area contributed by atoms with Crippen molar-refractivity contribution in [3.8, 4) is 5.75 Å². The van der Waals surface area contributed by atoms with Gasteiger partial charge < -0.3 is 25.0 Å². The third-order valence-electron chi connectivity index (χ3n) is 5.28. The average Bonchev–Trinajstić information content (AvgIpc) is 3.35. The lowest BCUT2D eigenvalue weighted by Gasteiger charge is -2.18. The Morgan fingerprint density at radius 2 is 1.91 bits per heavy atom. The Morgan fingerprint density at radius 1 is 1.06 bits per heavy atom. The number of methoxy groups -OCH3 is 1. The molecule has 1 heterocycles. The Hall–Kier alpha value is -2.99. The summed E-state index contributed by atoms with van der Waals surface area (Å²) in [5.41, 5.74) is 4.74. The molecule has 0 amide bonds. The number of aliphatic imine (C=N–C) groups is 1. The summed E-state index contributed by atoms with van der Waals surface area (Å²) in [6.45, 7) is 9.52. The van der Waals surface area contributed by atoms with Crippen molar-refractivity contribution in [2.75, 3.05) is 44.9 Å². The van der Waals surface area contributed by atoms with E-state index in [1.165, 1.54) is 16.8 Å². The van der Waals surface area contributed by atoms with Crippen LogP contribution in [0.4, 0.5) is 5.69 Å². The molecule has 1 aliphatic rings. The van der Waals surface area contributed by atoms with Crippen molar-refractivity contribution in [2.45, 2.75) is 33.4 Å². The molecule has 0 saturated heterocycles.